The highest BCUT2D eigenvalue weighted by Crippen LogP contribution is 2.17. The number of carbonyl (C=O) groups is 1. The van der Waals surface area contributed by atoms with Gasteiger partial charge in [-0.3, -0.25) is 4.79 Å². The first-order chi connectivity index (χ1) is 9.69. The van der Waals surface area contributed by atoms with Crippen molar-refractivity contribution < 1.29 is 9.90 Å². The molecule has 0 aliphatic carbocycles. The molecule has 0 bridgehead atoms. The quantitative estimate of drug-likeness (QED) is 0.789. The highest BCUT2D eigenvalue weighted by atomic mass is 35.5. The summed E-state index contributed by atoms with van der Waals surface area (Å²) < 4.78 is 0. The Bertz CT molecular complexity index is 522. The van der Waals surface area contributed by atoms with E-state index < -0.39 is 5.60 Å². The van der Waals surface area contributed by atoms with Gasteiger partial charge < -0.3 is 10.4 Å². The first kappa shape index (κ1) is 17.7. The zero-order valence-corrected chi connectivity index (χ0v) is 13.9. The Hall–Kier alpha value is -1.32. The van der Waals surface area contributed by atoms with Crippen LogP contribution in [-0.2, 0) is 4.79 Å². The summed E-state index contributed by atoms with van der Waals surface area (Å²) in [5.74, 6) is 0.151. The molecule has 3 nitrogen and oxygen atoms in total. The zero-order chi connectivity index (χ0) is 16.0. The van der Waals surface area contributed by atoms with Gasteiger partial charge in [-0.15, -0.1) is 0 Å². The van der Waals surface area contributed by atoms with E-state index in [0.29, 0.717) is 17.4 Å². The van der Waals surface area contributed by atoms with Crippen LogP contribution in [0.4, 0.5) is 0 Å². The highest BCUT2D eigenvalue weighted by molar-refractivity contribution is 6.31. The van der Waals surface area contributed by atoms with Crippen LogP contribution >= 0.6 is 11.6 Å². The van der Waals surface area contributed by atoms with Crippen molar-refractivity contribution in [2.24, 2.45) is 5.92 Å². The molecule has 0 radical (unpaired) electrons. The minimum Gasteiger partial charge on any atom is -0.388 e. The fourth-order valence-electron chi connectivity index (χ4n) is 2.17. The standard InChI is InChI=1S/C17H24ClNO2/c1-12(2)10-17(4,21)11-19-16(20)8-7-14-6-5-13(3)15(18)9-14/h5-9,12,21H,10-11H2,1-4H3,(H,19,20). The van der Waals surface area contributed by atoms with Crippen LogP contribution in [0.1, 0.15) is 38.3 Å². The molecular formula is C17H24ClNO2. The van der Waals surface area contributed by atoms with E-state index in [1.807, 2.05) is 39.0 Å². The van der Waals surface area contributed by atoms with Crippen molar-refractivity contribution in [3.05, 3.63) is 40.4 Å². The van der Waals surface area contributed by atoms with Crippen molar-refractivity contribution >= 4 is 23.6 Å². The minimum atomic E-state index is -0.884. The number of aryl methyl sites for hydroxylation is 1. The molecule has 0 aromatic heterocycles. The third-order valence-corrected chi connectivity index (χ3v) is 3.52. The van der Waals surface area contributed by atoms with Crippen molar-refractivity contribution in [1.29, 1.82) is 0 Å². The molecule has 1 aromatic rings. The Balaban J connectivity index is 2.53. The molecular weight excluding hydrogens is 286 g/mol. The molecule has 1 unspecified atom stereocenters. The molecule has 1 amide bonds. The van der Waals surface area contributed by atoms with Gasteiger partial charge in [-0.2, -0.15) is 0 Å². The maximum Gasteiger partial charge on any atom is 0.244 e. The third kappa shape index (κ3) is 6.78. The predicted molar refractivity (Wildman–Crippen MR) is 88.3 cm³/mol. The molecule has 0 saturated carbocycles. The molecule has 0 fully saturated rings. The fraction of sp³-hybridized carbons (Fsp3) is 0.471. The van der Waals surface area contributed by atoms with Crippen molar-refractivity contribution in [1.82, 2.24) is 5.32 Å². The number of rotatable bonds is 6. The Morgan fingerprint density at radius 3 is 2.71 bits per heavy atom. The Morgan fingerprint density at radius 2 is 2.14 bits per heavy atom. The summed E-state index contributed by atoms with van der Waals surface area (Å²) in [7, 11) is 0. The Labute approximate surface area is 132 Å². The van der Waals surface area contributed by atoms with Gasteiger partial charge in [0.15, 0.2) is 0 Å². The van der Waals surface area contributed by atoms with Crippen molar-refractivity contribution in [2.45, 2.75) is 39.7 Å². The number of hydrogen-bond donors (Lipinski definition) is 2. The summed E-state index contributed by atoms with van der Waals surface area (Å²) in [5.41, 5.74) is 0.989. The molecule has 0 aliphatic heterocycles. The summed E-state index contributed by atoms with van der Waals surface area (Å²) >= 11 is 6.03. The molecule has 2 N–H and O–H groups in total. The Morgan fingerprint density at radius 1 is 1.48 bits per heavy atom. The van der Waals surface area contributed by atoms with Gasteiger partial charge in [-0.05, 0) is 49.5 Å². The topological polar surface area (TPSA) is 49.3 Å². The maximum absolute atomic E-state index is 11.8. The number of amides is 1. The normalized spacial score (nSPS) is 14.4. The molecule has 4 heteroatoms. The first-order valence-electron chi connectivity index (χ1n) is 7.14. The van der Waals surface area contributed by atoms with Crippen LogP contribution in [0.2, 0.25) is 5.02 Å². The smallest absolute Gasteiger partial charge is 0.244 e. The van der Waals surface area contributed by atoms with E-state index >= 15 is 0 Å². The number of hydrogen-bond acceptors (Lipinski definition) is 2. The summed E-state index contributed by atoms with van der Waals surface area (Å²) in [5, 5.41) is 13.5. The van der Waals surface area contributed by atoms with E-state index in [-0.39, 0.29) is 12.5 Å². The van der Waals surface area contributed by atoms with Gasteiger partial charge in [0.2, 0.25) is 5.91 Å². The van der Waals surface area contributed by atoms with Crippen molar-refractivity contribution in [2.75, 3.05) is 6.54 Å². The number of halogens is 1. The number of benzene rings is 1. The lowest BCUT2D eigenvalue weighted by atomic mass is 9.94. The van der Waals surface area contributed by atoms with E-state index in [1.165, 1.54) is 6.08 Å². The van der Waals surface area contributed by atoms with Crippen LogP contribution < -0.4 is 5.32 Å². The van der Waals surface area contributed by atoms with Crippen molar-refractivity contribution in [3.63, 3.8) is 0 Å². The maximum atomic E-state index is 11.8. The summed E-state index contributed by atoms with van der Waals surface area (Å²) in [6.07, 6.45) is 3.80. The minimum absolute atomic E-state index is 0.226. The first-order valence-corrected chi connectivity index (χ1v) is 7.52. The van der Waals surface area contributed by atoms with Crippen molar-refractivity contribution in [3.8, 4) is 0 Å². The van der Waals surface area contributed by atoms with Crippen LogP contribution in [-0.4, -0.2) is 23.2 Å². The average molecular weight is 310 g/mol. The van der Waals surface area contributed by atoms with E-state index in [2.05, 4.69) is 5.32 Å². The molecule has 116 valence electrons. The van der Waals surface area contributed by atoms with Crippen LogP contribution in [0, 0.1) is 12.8 Å². The molecule has 1 rings (SSSR count). The second kappa shape index (κ2) is 7.62. The highest BCUT2D eigenvalue weighted by Gasteiger charge is 2.21. The van der Waals surface area contributed by atoms with Crippen LogP contribution in [0.3, 0.4) is 0 Å². The SMILES string of the molecule is Cc1ccc(C=CC(=O)NCC(C)(O)CC(C)C)cc1Cl. The molecule has 1 aromatic carbocycles. The van der Waals surface area contributed by atoms with Crippen LogP contribution in [0.25, 0.3) is 6.08 Å². The van der Waals surface area contributed by atoms with E-state index in [1.54, 1.807) is 13.0 Å². The summed E-state index contributed by atoms with van der Waals surface area (Å²) in [6, 6.07) is 5.63. The molecule has 21 heavy (non-hydrogen) atoms. The van der Waals surface area contributed by atoms with E-state index in [0.717, 1.165) is 11.1 Å². The molecule has 0 aliphatic rings. The van der Waals surface area contributed by atoms with E-state index in [4.69, 9.17) is 11.6 Å². The second-order valence-electron chi connectivity index (χ2n) is 6.15. The monoisotopic (exact) mass is 309 g/mol. The predicted octanol–water partition coefficient (Wildman–Crippen LogP) is 3.57. The molecule has 1 atom stereocenters. The number of aliphatic hydroxyl groups is 1. The third-order valence-electron chi connectivity index (χ3n) is 3.11. The fourth-order valence-corrected chi connectivity index (χ4v) is 2.36. The Kier molecular flexibility index (Phi) is 6.43. The molecule has 0 saturated heterocycles. The second-order valence-corrected chi connectivity index (χ2v) is 6.56. The molecule has 0 spiro atoms. The van der Waals surface area contributed by atoms with Gasteiger partial charge in [0, 0.05) is 17.6 Å². The lowest BCUT2D eigenvalue weighted by molar-refractivity contribution is -0.117. The lowest BCUT2D eigenvalue weighted by Crippen LogP contribution is -2.40. The summed E-state index contributed by atoms with van der Waals surface area (Å²) in [4.78, 5) is 11.8. The van der Waals surface area contributed by atoms with Crippen LogP contribution in [0.5, 0.6) is 0 Å². The lowest BCUT2D eigenvalue weighted by Gasteiger charge is -2.25. The molecule has 0 heterocycles. The number of carbonyl (C=O) groups excluding carboxylic acids is 1. The van der Waals surface area contributed by atoms with Gasteiger partial charge in [0.05, 0.1) is 5.60 Å². The number of nitrogens with one attached hydrogen (secondary N) is 1. The van der Waals surface area contributed by atoms with Gasteiger partial charge in [0.1, 0.15) is 0 Å². The summed E-state index contributed by atoms with van der Waals surface area (Å²) in [6.45, 7) is 7.98. The zero-order valence-electron chi connectivity index (χ0n) is 13.1. The largest absolute Gasteiger partial charge is 0.388 e. The van der Waals surface area contributed by atoms with Gasteiger partial charge in [-0.1, -0.05) is 37.6 Å². The van der Waals surface area contributed by atoms with Gasteiger partial charge in [-0.25, -0.2) is 0 Å². The van der Waals surface area contributed by atoms with E-state index in [9.17, 15) is 9.90 Å². The van der Waals surface area contributed by atoms with Gasteiger partial charge >= 0.3 is 0 Å². The van der Waals surface area contributed by atoms with Crippen LogP contribution in [0.15, 0.2) is 24.3 Å². The van der Waals surface area contributed by atoms with Gasteiger partial charge in [0.25, 0.3) is 0 Å². The average Bonchev–Trinajstić information content (AvgIpc) is 2.36.